The number of ether oxygens (including phenoxy) is 2. The maximum absolute atomic E-state index is 10.7. The highest BCUT2D eigenvalue weighted by molar-refractivity contribution is 6.31. The molecular weight excluding hydrogens is 232 g/mol. The lowest BCUT2D eigenvalue weighted by atomic mass is 10.1. The fraction of sp³-hybridized carbons (Fsp3) is 0.364. The predicted octanol–water partition coefficient (Wildman–Crippen LogP) is 2.37. The number of aliphatic carboxylic acids is 1. The number of halogens is 1. The molecule has 0 aliphatic carbocycles. The number of hydrogen-bond acceptors (Lipinski definition) is 3. The Labute approximate surface area is 98.7 Å². The molecule has 1 aromatic carbocycles. The van der Waals surface area contributed by atoms with Crippen LogP contribution >= 0.6 is 11.6 Å². The molecule has 0 aliphatic rings. The average molecular weight is 245 g/mol. The summed E-state index contributed by atoms with van der Waals surface area (Å²) in [5.41, 5.74) is 0.440. The zero-order valence-electron chi connectivity index (χ0n) is 9.12. The number of carbonyl (C=O) groups is 1. The third kappa shape index (κ3) is 2.79. The van der Waals surface area contributed by atoms with Crippen LogP contribution in [-0.4, -0.2) is 24.8 Å². The van der Waals surface area contributed by atoms with Gasteiger partial charge in [-0.2, -0.15) is 0 Å². The lowest BCUT2D eigenvalue weighted by Crippen LogP contribution is -2.06. The molecule has 0 atom stereocenters. The van der Waals surface area contributed by atoms with Crippen LogP contribution in [0.5, 0.6) is 11.5 Å². The van der Waals surface area contributed by atoms with Gasteiger partial charge in [0.1, 0.15) is 0 Å². The normalized spacial score (nSPS) is 9.94. The Morgan fingerprint density at radius 1 is 1.50 bits per heavy atom. The van der Waals surface area contributed by atoms with E-state index in [9.17, 15) is 4.79 Å². The van der Waals surface area contributed by atoms with Gasteiger partial charge in [-0.05, 0) is 19.1 Å². The number of methoxy groups -OCH3 is 1. The molecule has 1 aromatic rings. The summed E-state index contributed by atoms with van der Waals surface area (Å²) in [6, 6.07) is 3.25. The first kappa shape index (κ1) is 12.6. The molecular formula is C11H13ClO4. The van der Waals surface area contributed by atoms with Crippen molar-refractivity contribution in [2.24, 2.45) is 0 Å². The van der Waals surface area contributed by atoms with Crippen molar-refractivity contribution < 1.29 is 19.4 Å². The minimum absolute atomic E-state index is 0.189. The Bertz CT molecular complexity index is 390. The molecule has 88 valence electrons. The zero-order chi connectivity index (χ0) is 12.1. The van der Waals surface area contributed by atoms with Gasteiger partial charge < -0.3 is 14.6 Å². The van der Waals surface area contributed by atoms with Crippen LogP contribution in [0, 0.1) is 0 Å². The maximum Gasteiger partial charge on any atom is 0.308 e. The smallest absolute Gasteiger partial charge is 0.308 e. The van der Waals surface area contributed by atoms with Crippen LogP contribution in [0.3, 0.4) is 0 Å². The van der Waals surface area contributed by atoms with Crippen LogP contribution in [0.1, 0.15) is 12.5 Å². The summed E-state index contributed by atoms with van der Waals surface area (Å²) in [5.74, 6) is -0.0708. The van der Waals surface area contributed by atoms with Crippen molar-refractivity contribution in [3.63, 3.8) is 0 Å². The van der Waals surface area contributed by atoms with Crippen LogP contribution in [0.4, 0.5) is 0 Å². The molecule has 0 heterocycles. The van der Waals surface area contributed by atoms with E-state index in [1.165, 1.54) is 7.11 Å². The van der Waals surface area contributed by atoms with Crippen molar-refractivity contribution in [1.82, 2.24) is 0 Å². The predicted molar refractivity (Wildman–Crippen MR) is 60.5 cm³/mol. The van der Waals surface area contributed by atoms with E-state index in [1.54, 1.807) is 12.1 Å². The molecule has 0 radical (unpaired) electrons. The maximum atomic E-state index is 10.7. The summed E-state index contributed by atoms with van der Waals surface area (Å²) < 4.78 is 10.5. The standard InChI is InChI=1S/C11H13ClO4/c1-3-16-11-7(6-10(13)14)8(12)4-5-9(11)15-2/h4-5H,3,6H2,1-2H3,(H,13,14). The number of carboxylic acid groups (broad SMARTS) is 1. The Kier molecular flexibility index (Phi) is 4.43. The van der Waals surface area contributed by atoms with Gasteiger partial charge in [-0.1, -0.05) is 11.6 Å². The van der Waals surface area contributed by atoms with Crippen molar-refractivity contribution in [2.45, 2.75) is 13.3 Å². The molecule has 4 nitrogen and oxygen atoms in total. The van der Waals surface area contributed by atoms with E-state index in [0.29, 0.717) is 28.7 Å². The highest BCUT2D eigenvalue weighted by Crippen LogP contribution is 2.36. The van der Waals surface area contributed by atoms with Crippen LogP contribution in [0.15, 0.2) is 12.1 Å². The second kappa shape index (κ2) is 5.61. The van der Waals surface area contributed by atoms with E-state index >= 15 is 0 Å². The molecule has 0 fully saturated rings. The molecule has 0 aromatic heterocycles. The summed E-state index contributed by atoms with van der Waals surface area (Å²) in [6.07, 6.45) is -0.189. The molecule has 0 aliphatic heterocycles. The van der Waals surface area contributed by atoms with E-state index in [4.69, 9.17) is 26.2 Å². The highest BCUT2D eigenvalue weighted by atomic mass is 35.5. The molecule has 0 saturated heterocycles. The van der Waals surface area contributed by atoms with Crippen molar-refractivity contribution >= 4 is 17.6 Å². The number of benzene rings is 1. The second-order valence-corrected chi connectivity index (χ2v) is 3.47. The monoisotopic (exact) mass is 244 g/mol. The van der Waals surface area contributed by atoms with Gasteiger partial charge in [0, 0.05) is 10.6 Å². The summed E-state index contributed by atoms with van der Waals surface area (Å²) in [6.45, 7) is 2.23. The summed E-state index contributed by atoms with van der Waals surface area (Å²) >= 11 is 5.94. The molecule has 1 rings (SSSR count). The van der Waals surface area contributed by atoms with Gasteiger partial charge in [-0.15, -0.1) is 0 Å². The van der Waals surface area contributed by atoms with Gasteiger partial charge in [0.25, 0.3) is 0 Å². The lowest BCUT2D eigenvalue weighted by molar-refractivity contribution is -0.136. The number of rotatable bonds is 5. The van der Waals surface area contributed by atoms with Crippen LogP contribution < -0.4 is 9.47 Å². The molecule has 0 unspecified atom stereocenters. The minimum atomic E-state index is -0.962. The summed E-state index contributed by atoms with van der Waals surface area (Å²) in [4.78, 5) is 10.7. The summed E-state index contributed by atoms with van der Waals surface area (Å²) in [7, 11) is 1.50. The van der Waals surface area contributed by atoms with E-state index in [1.807, 2.05) is 6.92 Å². The largest absolute Gasteiger partial charge is 0.493 e. The van der Waals surface area contributed by atoms with Crippen molar-refractivity contribution in [3.8, 4) is 11.5 Å². The molecule has 0 spiro atoms. The zero-order valence-corrected chi connectivity index (χ0v) is 9.87. The quantitative estimate of drug-likeness (QED) is 0.864. The Hall–Kier alpha value is -1.42. The molecule has 5 heteroatoms. The van der Waals surface area contributed by atoms with Gasteiger partial charge in [0.05, 0.1) is 20.1 Å². The van der Waals surface area contributed by atoms with Crippen LogP contribution in [-0.2, 0) is 11.2 Å². The SMILES string of the molecule is CCOc1c(OC)ccc(Cl)c1CC(=O)O. The Morgan fingerprint density at radius 3 is 2.69 bits per heavy atom. The minimum Gasteiger partial charge on any atom is -0.493 e. The van der Waals surface area contributed by atoms with Gasteiger partial charge in [0.15, 0.2) is 11.5 Å². The molecule has 0 bridgehead atoms. The fourth-order valence-electron chi connectivity index (χ4n) is 1.36. The molecule has 16 heavy (non-hydrogen) atoms. The Balaban J connectivity index is 3.23. The molecule has 0 amide bonds. The topological polar surface area (TPSA) is 55.8 Å². The van der Waals surface area contributed by atoms with Crippen molar-refractivity contribution in [3.05, 3.63) is 22.7 Å². The fourth-order valence-corrected chi connectivity index (χ4v) is 1.58. The van der Waals surface area contributed by atoms with Crippen LogP contribution in [0.25, 0.3) is 0 Å². The first-order valence-electron chi connectivity index (χ1n) is 4.80. The van der Waals surface area contributed by atoms with Crippen LogP contribution in [0.2, 0.25) is 5.02 Å². The van der Waals surface area contributed by atoms with Crippen molar-refractivity contribution in [1.29, 1.82) is 0 Å². The average Bonchev–Trinajstić information content (AvgIpc) is 2.23. The van der Waals surface area contributed by atoms with E-state index in [-0.39, 0.29) is 6.42 Å². The lowest BCUT2D eigenvalue weighted by Gasteiger charge is -2.14. The third-order valence-corrected chi connectivity index (χ3v) is 2.36. The van der Waals surface area contributed by atoms with E-state index in [2.05, 4.69) is 0 Å². The van der Waals surface area contributed by atoms with Gasteiger partial charge in [0.2, 0.25) is 0 Å². The first-order valence-corrected chi connectivity index (χ1v) is 5.17. The van der Waals surface area contributed by atoms with Gasteiger partial charge in [-0.25, -0.2) is 0 Å². The first-order chi connectivity index (χ1) is 7.60. The molecule has 1 N–H and O–H groups in total. The highest BCUT2D eigenvalue weighted by Gasteiger charge is 2.16. The van der Waals surface area contributed by atoms with E-state index < -0.39 is 5.97 Å². The third-order valence-electron chi connectivity index (χ3n) is 2.00. The number of hydrogen-bond donors (Lipinski definition) is 1. The van der Waals surface area contributed by atoms with Crippen molar-refractivity contribution in [2.75, 3.05) is 13.7 Å². The number of carboxylic acids is 1. The molecule has 0 saturated carbocycles. The van der Waals surface area contributed by atoms with Gasteiger partial charge in [-0.3, -0.25) is 4.79 Å². The Morgan fingerprint density at radius 2 is 2.19 bits per heavy atom. The second-order valence-electron chi connectivity index (χ2n) is 3.06. The summed E-state index contributed by atoms with van der Waals surface area (Å²) in [5, 5.41) is 9.16. The van der Waals surface area contributed by atoms with Gasteiger partial charge >= 0.3 is 5.97 Å². The van der Waals surface area contributed by atoms with E-state index in [0.717, 1.165) is 0 Å².